The third-order valence-corrected chi connectivity index (χ3v) is 3.47. The highest BCUT2D eigenvalue weighted by molar-refractivity contribution is 5.99. The lowest BCUT2D eigenvalue weighted by Crippen LogP contribution is -2.29. The van der Waals surface area contributed by atoms with Gasteiger partial charge < -0.3 is 15.4 Å². The normalized spacial score (nSPS) is 9.65. The van der Waals surface area contributed by atoms with Crippen LogP contribution >= 0.6 is 0 Å². The summed E-state index contributed by atoms with van der Waals surface area (Å²) in [5.41, 5.74) is 1.81. The van der Waals surface area contributed by atoms with Gasteiger partial charge in [-0.05, 0) is 35.9 Å². The molecule has 2 aromatic carbocycles. The predicted octanol–water partition coefficient (Wildman–Crippen LogP) is 2.42. The first kappa shape index (κ1) is 18.7. The van der Waals surface area contributed by atoms with E-state index < -0.39 is 0 Å². The lowest BCUT2D eigenvalue weighted by Gasteiger charge is -2.11. The molecule has 6 heteroatoms. The van der Waals surface area contributed by atoms with Gasteiger partial charge in [-0.1, -0.05) is 30.8 Å². The summed E-state index contributed by atoms with van der Waals surface area (Å²) in [6.07, 6.45) is 1.31. The third-order valence-electron chi connectivity index (χ3n) is 3.47. The standard InChI is InChI=1S/C20H19N3O3/c1-2-19(24)23-18-9-4-3-7-16(18)13-20(25)22-10-11-26-17-8-5-6-15(12-17)14-21/h2-9,12H,1,10-11,13H2,(H,22,25)(H,23,24). The zero-order chi connectivity index (χ0) is 18.8. The molecule has 6 nitrogen and oxygen atoms in total. The van der Waals surface area contributed by atoms with Gasteiger partial charge in [-0.15, -0.1) is 0 Å². The zero-order valence-corrected chi connectivity index (χ0v) is 14.2. The average molecular weight is 349 g/mol. The van der Waals surface area contributed by atoms with Crippen molar-refractivity contribution in [3.8, 4) is 11.8 Å². The van der Waals surface area contributed by atoms with Gasteiger partial charge in [-0.25, -0.2) is 0 Å². The molecular weight excluding hydrogens is 330 g/mol. The molecule has 0 aliphatic carbocycles. The molecule has 0 aromatic heterocycles. The molecule has 2 N–H and O–H groups in total. The number of carbonyl (C=O) groups is 2. The maximum Gasteiger partial charge on any atom is 0.247 e. The summed E-state index contributed by atoms with van der Waals surface area (Å²) >= 11 is 0. The summed E-state index contributed by atoms with van der Waals surface area (Å²) in [5.74, 6) is 0.0707. The quantitative estimate of drug-likeness (QED) is 0.565. The summed E-state index contributed by atoms with van der Waals surface area (Å²) in [5, 5.41) is 14.3. The van der Waals surface area contributed by atoms with Gasteiger partial charge in [0.2, 0.25) is 11.8 Å². The van der Waals surface area contributed by atoms with Crippen LogP contribution in [-0.4, -0.2) is 25.0 Å². The van der Waals surface area contributed by atoms with E-state index in [1.54, 1.807) is 48.5 Å². The van der Waals surface area contributed by atoms with Crippen LogP contribution in [0.1, 0.15) is 11.1 Å². The minimum absolute atomic E-state index is 0.136. The number of benzene rings is 2. The number of anilines is 1. The molecule has 0 radical (unpaired) electrons. The number of amides is 2. The SMILES string of the molecule is C=CC(=O)Nc1ccccc1CC(=O)NCCOc1cccc(C#N)c1. The molecule has 0 saturated carbocycles. The van der Waals surface area contributed by atoms with Crippen molar-refractivity contribution in [2.75, 3.05) is 18.5 Å². The fourth-order valence-corrected chi connectivity index (χ4v) is 2.23. The highest BCUT2D eigenvalue weighted by atomic mass is 16.5. The maximum absolute atomic E-state index is 12.1. The molecule has 0 bridgehead atoms. The van der Waals surface area contributed by atoms with Crippen molar-refractivity contribution in [1.29, 1.82) is 5.26 Å². The van der Waals surface area contributed by atoms with Crippen LogP contribution in [0.25, 0.3) is 0 Å². The van der Waals surface area contributed by atoms with Crippen LogP contribution in [0.15, 0.2) is 61.2 Å². The Morgan fingerprint density at radius 3 is 2.77 bits per heavy atom. The number of nitrogens with one attached hydrogen (secondary N) is 2. The Balaban J connectivity index is 1.81. The number of hydrogen-bond acceptors (Lipinski definition) is 4. The smallest absolute Gasteiger partial charge is 0.247 e. The van der Waals surface area contributed by atoms with Crippen molar-refractivity contribution >= 4 is 17.5 Å². The van der Waals surface area contributed by atoms with Gasteiger partial charge in [0.15, 0.2) is 0 Å². The molecule has 2 amide bonds. The molecule has 0 fully saturated rings. The van der Waals surface area contributed by atoms with Crippen molar-refractivity contribution < 1.29 is 14.3 Å². The van der Waals surface area contributed by atoms with E-state index in [1.165, 1.54) is 6.08 Å². The van der Waals surface area contributed by atoms with E-state index >= 15 is 0 Å². The van der Waals surface area contributed by atoms with E-state index in [0.29, 0.717) is 29.1 Å². The number of para-hydroxylation sites is 1. The number of hydrogen-bond donors (Lipinski definition) is 2. The van der Waals surface area contributed by atoms with Crippen molar-refractivity contribution in [3.63, 3.8) is 0 Å². The Morgan fingerprint density at radius 2 is 2.00 bits per heavy atom. The summed E-state index contributed by atoms with van der Waals surface area (Å²) < 4.78 is 5.51. The molecule has 26 heavy (non-hydrogen) atoms. The molecule has 0 atom stereocenters. The third kappa shape index (κ3) is 5.80. The van der Waals surface area contributed by atoms with Gasteiger partial charge in [0, 0.05) is 5.69 Å². The van der Waals surface area contributed by atoms with E-state index in [9.17, 15) is 9.59 Å². The Labute approximate surface area is 152 Å². The van der Waals surface area contributed by atoms with Crippen molar-refractivity contribution in [2.24, 2.45) is 0 Å². The highest BCUT2D eigenvalue weighted by Crippen LogP contribution is 2.16. The Morgan fingerprint density at radius 1 is 1.19 bits per heavy atom. The predicted molar refractivity (Wildman–Crippen MR) is 98.6 cm³/mol. The van der Waals surface area contributed by atoms with Crippen molar-refractivity contribution in [3.05, 3.63) is 72.3 Å². The molecule has 0 aliphatic heterocycles. The average Bonchev–Trinajstić information content (AvgIpc) is 2.67. The van der Waals surface area contributed by atoms with Gasteiger partial charge >= 0.3 is 0 Å². The number of nitriles is 1. The molecule has 132 valence electrons. The van der Waals surface area contributed by atoms with Gasteiger partial charge in [0.05, 0.1) is 24.6 Å². The van der Waals surface area contributed by atoms with Crippen LogP contribution in [0.4, 0.5) is 5.69 Å². The Bertz CT molecular complexity index is 840. The molecule has 2 aromatic rings. The van der Waals surface area contributed by atoms with Crippen molar-refractivity contribution in [2.45, 2.75) is 6.42 Å². The molecule has 0 aliphatic rings. The number of carbonyl (C=O) groups excluding carboxylic acids is 2. The zero-order valence-electron chi connectivity index (χ0n) is 14.2. The summed E-state index contributed by atoms with van der Waals surface area (Å²) in [6.45, 7) is 4.03. The number of rotatable bonds is 8. The van der Waals surface area contributed by atoms with E-state index in [2.05, 4.69) is 17.2 Å². The van der Waals surface area contributed by atoms with E-state index in [1.807, 2.05) is 6.07 Å². The van der Waals surface area contributed by atoms with Crippen molar-refractivity contribution in [1.82, 2.24) is 5.32 Å². The molecule has 0 spiro atoms. The van der Waals surface area contributed by atoms with Crippen LogP contribution in [0, 0.1) is 11.3 Å². The molecule has 0 heterocycles. The van der Waals surface area contributed by atoms with Crippen LogP contribution < -0.4 is 15.4 Å². The molecule has 2 rings (SSSR count). The second-order valence-electron chi connectivity index (χ2n) is 5.37. The first-order valence-corrected chi connectivity index (χ1v) is 8.03. The first-order chi connectivity index (χ1) is 12.6. The second kappa shape index (κ2) is 9.64. The van der Waals surface area contributed by atoms with Gasteiger partial charge in [0.25, 0.3) is 0 Å². The fraction of sp³-hybridized carbons (Fsp3) is 0.150. The molecular formula is C20H19N3O3. The summed E-state index contributed by atoms with van der Waals surface area (Å²) in [6, 6.07) is 16.0. The van der Waals surface area contributed by atoms with E-state index in [0.717, 1.165) is 0 Å². The summed E-state index contributed by atoms with van der Waals surface area (Å²) in [4.78, 5) is 23.5. The number of ether oxygens (including phenoxy) is 1. The minimum Gasteiger partial charge on any atom is -0.492 e. The topological polar surface area (TPSA) is 91.2 Å². The van der Waals surface area contributed by atoms with Gasteiger partial charge in [0.1, 0.15) is 12.4 Å². The fourth-order valence-electron chi connectivity index (χ4n) is 2.23. The summed E-state index contributed by atoms with van der Waals surface area (Å²) in [7, 11) is 0. The van der Waals surface area contributed by atoms with Gasteiger partial charge in [-0.3, -0.25) is 9.59 Å². The lowest BCUT2D eigenvalue weighted by atomic mass is 10.1. The maximum atomic E-state index is 12.1. The Hall–Kier alpha value is -3.59. The monoisotopic (exact) mass is 349 g/mol. The van der Waals surface area contributed by atoms with Crippen LogP contribution in [0.2, 0.25) is 0 Å². The lowest BCUT2D eigenvalue weighted by molar-refractivity contribution is -0.120. The largest absolute Gasteiger partial charge is 0.492 e. The van der Waals surface area contributed by atoms with E-state index in [4.69, 9.17) is 10.00 Å². The highest BCUT2D eigenvalue weighted by Gasteiger charge is 2.09. The number of nitrogens with zero attached hydrogens (tertiary/aromatic N) is 1. The van der Waals surface area contributed by atoms with Crippen LogP contribution in [0.5, 0.6) is 5.75 Å². The first-order valence-electron chi connectivity index (χ1n) is 8.03. The van der Waals surface area contributed by atoms with Crippen LogP contribution in [-0.2, 0) is 16.0 Å². The second-order valence-corrected chi connectivity index (χ2v) is 5.37. The van der Waals surface area contributed by atoms with Crippen LogP contribution in [0.3, 0.4) is 0 Å². The Kier molecular flexibility index (Phi) is 6.95. The van der Waals surface area contributed by atoms with E-state index in [-0.39, 0.29) is 24.8 Å². The molecule has 0 unspecified atom stereocenters. The molecule has 0 saturated heterocycles. The minimum atomic E-state index is -0.328. The van der Waals surface area contributed by atoms with Gasteiger partial charge in [-0.2, -0.15) is 5.26 Å².